The highest BCUT2D eigenvalue weighted by Crippen LogP contribution is 2.30. The zero-order chi connectivity index (χ0) is 16.2. The number of fused-ring (bicyclic) bond motifs is 1. The molecule has 2 atom stereocenters. The Morgan fingerprint density at radius 1 is 1.48 bits per heavy atom. The Kier molecular flexibility index (Phi) is 4.67. The van der Waals surface area contributed by atoms with Gasteiger partial charge in [0.05, 0.1) is 18.9 Å². The number of aryl methyl sites for hydroxylation is 1. The van der Waals surface area contributed by atoms with E-state index in [9.17, 15) is 4.79 Å². The minimum atomic E-state index is -0.610. The zero-order valence-electron chi connectivity index (χ0n) is 13.1. The highest BCUT2D eigenvalue weighted by Gasteiger charge is 2.26. The smallest absolute Gasteiger partial charge is 0.261 e. The normalized spacial score (nSPS) is 18.1. The Morgan fingerprint density at radius 3 is 3.17 bits per heavy atom. The predicted octanol–water partition coefficient (Wildman–Crippen LogP) is 2.73. The van der Waals surface area contributed by atoms with Gasteiger partial charge in [-0.2, -0.15) is 0 Å². The summed E-state index contributed by atoms with van der Waals surface area (Å²) in [5.74, 6) is 1.39. The van der Waals surface area contributed by atoms with Crippen LogP contribution in [0.25, 0.3) is 0 Å². The number of carbonyl (C=O) groups excluding carboxylic acids is 1. The first-order valence-corrected chi connectivity index (χ1v) is 7.90. The molecule has 2 aromatic rings. The molecule has 5 heteroatoms. The molecule has 0 spiro atoms. The number of benzene rings is 1. The summed E-state index contributed by atoms with van der Waals surface area (Å²) in [6, 6.07) is 9.02. The van der Waals surface area contributed by atoms with E-state index in [-0.39, 0.29) is 18.6 Å². The van der Waals surface area contributed by atoms with Crippen LogP contribution in [0, 0.1) is 0 Å². The second kappa shape index (κ2) is 6.87. The van der Waals surface area contributed by atoms with Gasteiger partial charge in [0, 0.05) is 12.0 Å². The van der Waals surface area contributed by atoms with E-state index >= 15 is 0 Å². The number of carbonyl (C=O) groups is 1. The van der Waals surface area contributed by atoms with Crippen LogP contribution in [0.5, 0.6) is 5.75 Å². The van der Waals surface area contributed by atoms with Gasteiger partial charge < -0.3 is 19.6 Å². The number of ether oxygens (including phenoxy) is 1. The summed E-state index contributed by atoms with van der Waals surface area (Å²) in [4.78, 5) is 12.4. The van der Waals surface area contributed by atoms with Gasteiger partial charge in [-0.05, 0) is 43.5 Å². The molecule has 23 heavy (non-hydrogen) atoms. The van der Waals surface area contributed by atoms with Gasteiger partial charge in [-0.3, -0.25) is 4.79 Å². The summed E-state index contributed by atoms with van der Waals surface area (Å²) < 4.78 is 11.1. The molecule has 0 saturated heterocycles. The molecule has 0 fully saturated rings. The fraction of sp³-hybridized carbons (Fsp3) is 0.389. The summed E-state index contributed by atoms with van der Waals surface area (Å²) in [6.07, 6.45) is 3.90. The molecule has 1 aliphatic rings. The van der Waals surface area contributed by atoms with Crippen molar-refractivity contribution in [3.8, 4) is 5.75 Å². The van der Waals surface area contributed by atoms with Gasteiger partial charge in [0.25, 0.3) is 5.91 Å². The molecular weight excluding hydrogens is 294 g/mol. The maximum absolute atomic E-state index is 12.4. The largest absolute Gasteiger partial charge is 0.481 e. The number of amides is 1. The molecule has 1 aromatic carbocycles. The molecule has 2 unspecified atom stereocenters. The number of aliphatic hydroxyl groups is 1. The molecule has 1 aromatic heterocycles. The van der Waals surface area contributed by atoms with E-state index in [0.29, 0.717) is 5.75 Å². The standard InChI is InChI=1S/C18H21NO4/c1-12(23-14-5-2-4-13(10-14)11-20)18(21)19-16-6-3-7-17-15(16)8-9-22-17/h2,4-5,8-10,12,16,20H,3,6-7,11H2,1H3,(H,19,21). The molecule has 1 aliphatic carbocycles. The topological polar surface area (TPSA) is 71.7 Å². The van der Waals surface area contributed by atoms with E-state index in [1.165, 1.54) is 0 Å². The molecule has 2 N–H and O–H groups in total. The maximum atomic E-state index is 12.4. The number of hydrogen-bond acceptors (Lipinski definition) is 4. The van der Waals surface area contributed by atoms with Crippen molar-refractivity contribution in [1.82, 2.24) is 5.32 Å². The van der Waals surface area contributed by atoms with Gasteiger partial charge in [0.1, 0.15) is 11.5 Å². The summed E-state index contributed by atoms with van der Waals surface area (Å²) in [6.45, 7) is 1.67. The van der Waals surface area contributed by atoms with Crippen LogP contribution in [0.3, 0.4) is 0 Å². The average molecular weight is 315 g/mol. The van der Waals surface area contributed by atoms with Crippen LogP contribution >= 0.6 is 0 Å². The lowest BCUT2D eigenvalue weighted by atomic mass is 9.93. The van der Waals surface area contributed by atoms with Crippen molar-refractivity contribution >= 4 is 5.91 Å². The number of aliphatic hydroxyl groups excluding tert-OH is 1. The molecule has 1 amide bonds. The van der Waals surface area contributed by atoms with Crippen LogP contribution < -0.4 is 10.1 Å². The van der Waals surface area contributed by atoms with E-state index in [1.54, 1.807) is 37.5 Å². The van der Waals surface area contributed by atoms with Crippen LogP contribution in [0.4, 0.5) is 0 Å². The first kappa shape index (κ1) is 15.6. The molecule has 122 valence electrons. The third-order valence-electron chi connectivity index (χ3n) is 4.13. The lowest BCUT2D eigenvalue weighted by Crippen LogP contribution is -2.39. The van der Waals surface area contributed by atoms with Crippen molar-refractivity contribution < 1.29 is 19.1 Å². The van der Waals surface area contributed by atoms with Crippen molar-refractivity contribution in [2.75, 3.05) is 0 Å². The van der Waals surface area contributed by atoms with Gasteiger partial charge >= 0.3 is 0 Å². The molecule has 5 nitrogen and oxygen atoms in total. The van der Waals surface area contributed by atoms with Crippen molar-refractivity contribution in [2.45, 2.75) is 44.9 Å². The van der Waals surface area contributed by atoms with E-state index in [4.69, 9.17) is 14.3 Å². The molecule has 3 rings (SSSR count). The highest BCUT2D eigenvalue weighted by molar-refractivity contribution is 5.81. The number of rotatable bonds is 5. The SMILES string of the molecule is CC(Oc1cccc(CO)c1)C(=O)NC1CCCc2occc21. The Hall–Kier alpha value is -2.27. The lowest BCUT2D eigenvalue weighted by Gasteiger charge is -2.24. The molecule has 1 heterocycles. The van der Waals surface area contributed by atoms with Gasteiger partial charge in [0.15, 0.2) is 6.10 Å². The Morgan fingerprint density at radius 2 is 2.35 bits per heavy atom. The summed E-state index contributed by atoms with van der Waals surface area (Å²) in [5, 5.41) is 12.2. The van der Waals surface area contributed by atoms with Gasteiger partial charge in [-0.15, -0.1) is 0 Å². The minimum absolute atomic E-state index is 0.0140. The predicted molar refractivity (Wildman–Crippen MR) is 85.0 cm³/mol. The Bertz CT molecular complexity index is 679. The zero-order valence-corrected chi connectivity index (χ0v) is 13.1. The van der Waals surface area contributed by atoms with Gasteiger partial charge in [0.2, 0.25) is 0 Å². The minimum Gasteiger partial charge on any atom is -0.481 e. The fourth-order valence-corrected chi connectivity index (χ4v) is 2.90. The Labute approximate surface area is 135 Å². The van der Waals surface area contributed by atoms with Crippen LogP contribution in [0.15, 0.2) is 41.0 Å². The van der Waals surface area contributed by atoms with Crippen molar-refractivity contribution in [3.05, 3.63) is 53.5 Å². The Balaban J connectivity index is 1.62. The van der Waals surface area contributed by atoms with Crippen molar-refractivity contribution in [3.63, 3.8) is 0 Å². The number of furan rings is 1. The average Bonchev–Trinajstić information content (AvgIpc) is 3.04. The lowest BCUT2D eigenvalue weighted by molar-refractivity contribution is -0.128. The summed E-state index contributed by atoms with van der Waals surface area (Å²) >= 11 is 0. The maximum Gasteiger partial charge on any atom is 0.261 e. The van der Waals surface area contributed by atoms with E-state index in [2.05, 4.69) is 5.32 Å². The third-order valence-corrected chi connectivity index (χ3v) is 4.13. The number of hydrogen-bond donors (Lipinski definition) is 2. The molecular formula is C18H21NO4. The first-order valence-electron chi connectivity index (χ1n) is 7.90. The number of nitrogens with one attached hydrogen (secondary N) is 1. The van der Waals surface area contributed by atoms with Crippen molar-refractivity contribution in [2.24, 2.45) is 0 Å². The molecule has 0 saturated carbocycles. The van der Waals surface area contributed by atoms with Crippen LogP contribution in [-0.2, 0) is 17.8 Å². The summed E-state index contributed by atoms with van der Waals surface area (Å²) in [5.41, 5.74) is 1.82. The van der Waals surface area contributed by atoms with Crippen LogP contribution in [0.2, 0.25) is 0 Å². The first-order chi connectivity index (χ1) is 11.2. The summed E-state index contributed by atoms with van der Waals surface area (Å²) in [7, 11) is 0. The quantitative estimate of drug-likeness (QED) is 0.890. The second-order valence-corrected chi connectivity index (χ2v) is 5.82. The van der Waals surface area contributed by atoms with Gasteiger partial charge in [-0.25, -0.2) is 0 Å². The van der Waals surface area contributed by atoms with E-state index in [1.807, 2.05) is 6.07 Å². The van der Waals surface area contributed by atoms with Crippen LogP contribution in [-0.4, -0.2) is 17.1 Å². The highest BCUT2D eigenvalue weighted by atomic mass is 16.5. The van der Waals surface area contributed by atoms with Gasteiger partial charge in [-0.1, -0.05) is 12.1 Å². The monoisotopic (exact) mass is 315 g/mol. The molecule has 0 bridgehead atoms. The second-order valence-electron chi connectivity index (χ2n) is 5.82. The third kappa shape index (κ3) is 3.56. The molecule has 0 aliphatic heterocycles. The van der Waals surface area contributed by atoms with Crippen molar-refractivity contribution in [1.29, 1.82) is 0 Å². The fourth-order valence-electron chi connectivity index (χ4n) is 2.90. The molecule has 0 radical (unpaired) electrons. The van der Waals surface area contributed by atoms with E-state index < -0.39 is 6.10 Å². The van der Waals surface area contributed by atoms with E-state index in [0.717, 1.165) is 36.1 Å². The van der Waals surface area contributed by atoms with Crippen LogP contribution in [0.1, 0.15) is 42.7 Å².